The Labute approximate surface area is 231 Å². The van der Waals surface area contributed by atoms with Gasteiger partial charge in [0, 0.05) is 116 Å². The fraction of sp³-hybridized carbons (Fsp3) is 0.769. The molecule has 2 fully saturated rings. The van der Waals surface area contributed by atoms with E-state index in [9.17, 15) is 19.2 Å². The second-order valence-electron chi connectivity index (χ2n) is 11.1. The summed E-state index contributed by atoms with van der Waals surface area (Å²) in [6.07, 6.45) is 3.90. The molecule has 3 rings (SSSR count). The summed E-state index contributed by atoms with van der Waals surface area (Å²) in [6.45, 7) is 11.4. The molecule has 0 aromatic carbocycles. The molecule has 0 spiro atoms. The zero-order valence-corrected chi connectivity index (χ0v) is 23.3. The third-order valence-electron chi connectivity index (χ3n) is 7.25. The normalized spacial score (nSPS) is 27.4. The lowest BCUT2D eigenvalue weighted by Gasteiger charge is -2.36. The number of amides is 4. The molecule has 8 N–H and O–H groups in total. The Hall–Kier alpha value is -2.42. The molecule has 39 heavy (non-hydrogen) atoms. The van der Waals surface area contributed by atoms with E-state index in [1.54, 1.807) is 0 Å². The topological polar surface area (TPSA) is 168 Å². The predicted octanol–water partition coefficient (Wildman–Crippen LogP) is -3.03. The second kappa shape index (κ2) is 16.0. The predicted molar refractivity (Wildman–Crippen MR) is 149 cm³/mol. The number of fused-ring (bicyclic) bond motifs is 6. The van der Waals surface area contributed by atoms with Gasteiger partial charge in [0.2, 0.25) is 11.8 Å². The maximum atomic E-state index is 13.0. The Bertz CT molecular complexity index is 832. The van der Waals surface area contributed by atoms with Crippen LogP contribution in [0.1, 0.15) is 32.6 Å². The van der Waals surface area contributed by atoms with Crippen molar-refractivity contribution < 1.29 is 19.2 Å². The molecule has 0 aromatic rings. The van der Waals surface area contributed by atoms with Gasteiger partial charge < -0.3 is 42.5 Å². The minimum absolute atomic E-state index is 0.0859. The first kappa shape index (κ1) is 31.1. The molecule has 220 valence electrons. The number of nitrogens with zero attached hydrogens (tertiary/aromatic N) is 1. The maximum Gasteiger partial charge on any atom is 0.253 e. The van der Waals surface area contributed by atoms with Crippen molar-refractivity contribution in [1.82, 2.24) is 47.4 Å². The molecule has 13 heteroatoms. The van der Waals surface area contributed by atoms with E-state index in [1.807, 2.05) is 0 Å². The summed E-state index contributed by atoms with van der Waals surface area (Å²) in [5, 5.41) is 27.2. The summed E-state index contributed by atoms with van der Waals surface area (Å²) in [7, 11) is 0. The van der Waals surface area contributed by atoms with Crippen LogP contribution in [0.25, 0.3) is 0 Å². The number of carbonyl (C=O) groups excluding carboxylic acids is 4. The van der Waals surface area contributed by atoms with Crippen LogP contribution in [0.3, 0.4) is 0 Å². The maximum absolute atomic E-state index is 13.0. The zero-order chi connectivity index (χ0) is 28.0. The Morgan fingerprint density at radius 3 is 1.92 bits per heavy atom. The summed E-state index contributed by atoms with van der Waals surface area (Å²) in [5.41, 5.74) is -0.434. The number of rotatable bonds is 9. The monoisotopic (exact) mass is 549 g/mol. The largest absolute Gasteiger partial charge is 0.356 e. The standard InChI is InChI=1S/C26H47N9O4/c1-25-14-27-9-11-29-17-26(19-32-20-31-16-25,18-30-12-10-28-15-25)34-22(37)5-2-4-21(36)33-8-3-13-35-23(38)6-7-24(35)39/h6-7,27-32H,2-5,8-20H2,1H3,(H,33,36)(H,34,37). The molecule has 0 unspecified atom stereocenters. The fourth-order valence-electron chi connectivity index (χ4n) is 5.02. The highest BCUT2D eigenvalue weighted by Crippen LogP contribution is 2.13. The first-order chi connectivity index (χ1) is 18.8. The average molecular weight is 550 g/mol. The summed E-state index contributed by atoms with van der Waals surface area (Å²) < 4.78 is 0. The van der Waals surface area contributed by atoms with Gasteiger partial charge in [-0.25, -0.2) is 0 Å². The van der Waals surface area contributed by atoms with E-state index in [1.165, 1.54) is 12.2 Å². The van der Waals surface area contributed by atoms with Gasteiger partial charge in [-0.15, -0.1) is 0 Å². The lowest BCUT2D eigenvalue weighted by atomic mass is 9.90. The van der Waals surface area contributed by atoms with Crippen LogP contribution in [-0.4, -0.2) is 119 Å². The molecule has 0 atom stereocenters. The van der Waals surface area contributed by atoms with Gasteiger partial charge in [0.25, 0.3) is 11.8 Å². The van der Waals surface area contributed by atoms with Gasteiger partial charge in [0.05, 0.1) is 5.54 Å². The van der Waals surface area contributed by atoms with Crippen molar-refractivity contribution in [3.8, 4) is 0 Å². The summed E-state index contributed by atoms with van der Waals surface area (Å²) in [5.74, 6) is -0.874. The Balaban J connectivity index is 1.44. The van der Waals surface area contributed by atoms with Crippen LogP contribution in [0.15, 0.2) is 12.2 Å². The highest BCUT2D eigenvalue weighted by Gasteiger charge is 2.32. The molecule has 13 nitrogen and oxygen atoms in total. The third kappa shape index (κ3) is 10.9. The van der Waals surface area contributed by atoms with Crippen LogP contribution in [0.4, 0.5) is 0 Å². The highest BCUT2D eigenvalue weighted by molar-refractivity contribution is 6.12. The molecule has 2 saturated heterocycles. The number of hydrogen-bond donors (Lipinski definition) is 8. The Kier molecular flexibility index (Phi) is 12.8. The molecule has 4 amide bonds. The molecular formula is C26H47N9O4. The molecular weight excluding hydrogens is 502 g/mol. The summed E-state index contributed by atoms with van der Waals surface area (Å²) >= 11 is 0. The van der Waals surface area contributed by atoms with Crippen molar-refractivity contribution in [2.75, 3.05) is 85.2 Å². The zero-order valence-electron chi connectivity index (χ0n) is 23.3. The molecule has 0 saturated carbocycles. The summed E-state index contributed by atoms with van der Waals surface area (Å²) in [6, 6.07) is 0. The van der Waals surface area contributed by atoms with Gasteiger partial charge in [-0.05, 0) is 12.8 Å². The van der Waals surface area contributed by atoms with Crippen molar-refractivity contribution in [3.63, 3.8) is 0 Å². The van der Waals surface area contributed by atoms with Gasteiger partial charge in [0.1, 0.15) is 0 Å². The van der Waals surface area contributed by atoms with Crippen molar-refractivity contribution in [1.29, 1.82) is 0 Å². The van der Waals surface area contributed by atoms with E-state index in [-0.39, 0.29) is 48.4 Å². The molecule has 3 aliphatic rings. The van der Waals surface area contributed by atoms with Crippen LogP contribution >= 0.6 is 0 Å². The SMILES string of the molecule is CC12CNCCNCC(NC(=O)CCCC(=O)NCCCN3C(=O)C=CC3=O)(CNCCNC1)CNCNC2. The lowest BCUT2D eigenvalue weighted by molar-refractivity contribution is -0.136. The minimum Gasteiger partial charge on any atom is -0.356 e. The van der Waals surface area contributed by atoms with E-state index >= 15 is 0 Å². The molecule has 2 bridgehead atoms. The van der Waals surface area contributed by atoms with Crippen LogP contribution < -0.4 is 42.5 Å². The van der Waals surface area contributed by atoms with Gasteiger partial charge in [0.15, 0.2) is 0 Å². The van der Waals surface area contributed by atoms with Gasteiger partial charge in [-0.1, -0.05) is 6.92 Å². The van der Waals surface area contributed by atoms with Crippen LogP contribution in [0.2, 0.25) is 0 Å². The van der Waals surface area contributed by atoms with E-state index in [0.717, 1.165) is 50.7 Å². The van der Waals surface area contributed by atoms with E-state index in [4.69, 9.17) is 0 Å². The fourth-order valence-corrected chi connectivity index (χ4v) is 5.02. The van der Waals surface area contributed by atoms with E-state index < -0.39 is 5.54 Å². The van der Waals surface area contributed by atoms with Crippen molar-refractivity contribution >= 4 is 23.6 Å². The van der Waals surface area contributed by atoms with Gasteiger partial charge in [-0.3, -0.25) is 24.1 Å². The highest BCUT2D eigenvalue weighted by atomic mass is 16.2. The van der Waals surface area contributed by atoms with Gasteiger partial charge >= 0.3 is 0 Å². The quantitative estimate of drug-likeness (QED) is 0.109. The van der Waals surface area contributed by atoms with Crippen LogP contribution in [0, 0.1) is 5.41 Å². The smallest absolute Gasteiger partial charge is 0.253 e. The number of nitrogens with one attached hydrogen (secondary N) is 8. The van der Waals surface area contributed by atoms with Crippen molar-refractivity contribution in [2.24, 2.45) is 5.41 Å². The van der Waals surface area contributed by atoms with Crippen molar-refractivity contribution in [2.45, 2.75) is 38.1 Å². The first-order valence-corrected chi connectivity index (χ1v) is 14.2. The first-order valence-electron chi connectivity index (χ1n) is 14.2. The Morgan fingerprint density at radius 1 is 0.769 bits per heavy atom. The third-order valence-corrected chi connectivity index (χ3v) is 7.25. The van der Waals surface area contributed by atoms with Crippen LogP contribution in [-0.2, 0) is 19.2 Å². The molecule has 3 heterocycles. The van der Waals surface area contributed by atoms with Gasteiger partial charge in [-0.2, -0.15) is 0 Å². The molecule has 0 radical (unpaired) electrons. The number of carbonyl (C=O) groups is 4. The number of imide groups is 1. The Morgan fingerprint density at radius 2 is 1.28 bits per heavy atom. The van der Waals surface area contributed by atoms with Crippen molar-refractivity contribution in [3.05, 3.63) is 12.2 Å². The number of hydrogen-bond acceptors (Lipinski definition) is 10. The molecule has 0 aromatic heterocycles. The summed E-state index contributed by atoms with van der Waals surface area (Å²) in [4.78, 5) is 49.5. The van der Waals surface area contributed by atoms with E-state index in [0.29, 0.717) is 45.7 Å². The second-order valence-corrected chi connectivity index (χ2v) is 11.1. The average Bonchev–Trinajstić information content (AvgIpc) is 3.23. The van der Waals surface area contributed by atoms with E-state index in [2.05, 4.69) is 49.5 Å². The molecule has 0 aliphatic carbocycles. The minimum atomic E-state index is -0.522. The molecule has 3 aliphatic heterocycles. The lowest BCUT2D eigenvalue weighted by Crippen LogP contribution is -2.65. The van der Waals surface area contributed by atoms with Crippen LogP contribution in [0.5, 0.6) is 0 Å².